The van der Waals surface area contributed by atoms with Crippen LogP contribution in [0.1, 0.15) is 18.1 Å². The van der Waals surface area contributed by atoms with E-state index >= 15 is 0 Å². The molecule has 0 radical (unpaired) electrons. The van der Waals surface area contributed by atoms with Gasteiger partial charge in [0.25, 0.3) is 0 Å². The SMILES string of the molecule is CC(CO)(Nc1nc(Cl)ncc1C(F)(F)F)c1ccccc1. The molecule has 0 aliphatic rings. The normalized spacial score (nSPS) is 14.5. The number of hydrogen-bond donors (Lipinski definition) is 2. The fourth-order valence-electron chi connectivity index (χ4n) is 1.93. The molecule has 4 nitrogen and oxygen atoms in total. The topological polar surface area (TPSA) is 58.0 Å². The van der Waals surface area contributed by atoms with Crippen LogP contribution in [-0.2, 0) is 11.7 Å². The van der Waals surface area contributed by atoms with Gasteiger partial charge in [-0.05, 0) is 24.1 Å². The molecule has 2 aromatic rings. The van der Waals surface area contributed by atoms with E-state index in [2.05, 4.69) is 15.3 Å². The maximum absolute atomic E-state index is 13.0. The van der Waals surface area contributed by atoms with Gasteiger partial charge in [0, 0.05) is 6.20 Å². The van der Waals surface area contributed by atoms with Gasteiger partial charge in [-0.2, -0.15) is 13.2 Å². The second-order valence-electron chi connectivity index (χ2n) is 4.88. The molecule has 1 atom stereocenters. The molecule has 1 heterocycles. The first kappa shape index (κ1) is 16.5. The van der Waals surface area contributed by atoms with Gasteiger partial charge in [-0.25, -0.2) is 9.97 Å². The molecule has 0 aliphatic carbocycles. The number of nitrogens with zero attached hydrogens (tertiary/aromatic N) is 2. The Morgan fingerprint density at radius 1 is 1.23 bits per heavy atom. The number of aromatic nitrogens is 2. The predicted molar refractivity (Wildman–Crippen MR) is 76.5 cm³/mol. The van der Waals surface area contributed by atoms with Crippen LogP contribution in [0.3, 0.4) is 0 Å². The van der Waals surface area contributed by atoms with Gasteiger partial charge < -0.3 is 10.4 Å². The summed E-state index contributed by atoms with van der Waals surface area (Å²) in [7, 11) is 0. The molecule has 2 N–H and O–H groups in total. The highest BCUT2D eigenvalue weighted by molar-refractivity contribution is 6.28. The van der Waals surface area contributed by atoms with Crippen molar-refractivity contribution in [1.29, 1.82) is 0 Å². The molecule has 1 unspecified atom stereocenters. The van der Waals surface area contributed by atoms with Crippen molar-refractivity contribution in [3.8, 4) is 0 Å². The monoisotopic (exact) mass is 331 g/mol. The molecule has 0 amide bonds. The number of hydrogen-bond acceptors (Lipinski definition) is 4. The van der Waals surface area contributed by atoms with Crippen LogP contribution in [-0.4, -0.2) is 21.7 Å². The highest BCUT2D eigenvalue weighted by Gasteiger charge is 2.37. The van der Waals surface area contributed by atoms with Crippen molar-refractivity contribution in [2.45, 2.75) is 18.6 Å². The van der Waals surface area contributed by atoms with Crippen molar-refractivity contribution in [2.75, 3.05) is 11.9 Å². The number of benzene rings is 1. The van der Waals surface area contributed by atoms with Gasteiger partial charge in [0.1, 0.15) is 11.4 Å². The molecule has 0 aliphatic heterocycles. The predicted octanol–water partition coefficient (Wildman–Crippen LogP) is 3.47. The first-order valence-electron chi connectivity index (χ1n) is 6.30. The number of aliphatic hydroxyl groups is 1. The fraction of sp³-hybridized carbons (Fsp3) is 0.286. The van der Waals surface area contributed by atoms with E-state index in [1.54, 1.807) is 37.3 Å². The minimum atomic E-state index is -4.64. The zero-order valence-electron chi connectivity index (χ0n) is 11.5. The molecule has 0 saturated carbocycles. The summed E-state index contributed by atoms with van der Waals surface area (Å²) >= 11 is 5.59. The van der Waals surface area contributed by atoms with E-state index in [9.17, 15) is 18.3 Å². The fourth-order valence-corrected chi connectivity index (χ4v) is 2.07. The Bertz CT molecular complexity index is 652. The highest BCUT2D eigenvalue weighted by Crippen LogP contribution is 2.36. The van der Waals surface area contributed by atoms with E-state index in [-0.39, 0.29) is 5.28 Å². The van der Waals surface area contributed by atoms with E-state index in [1.165, 1.54) is 0 Å². The van der Waals surface area contributed by atoms with Crippen LogP contribution in [0.2, 0.25) is 5.28 Å². The Balaban J connectivity index is 2.46. The quantitative estimate of drug-likeness (QED) is 0.842. The summed E-state index contributed by atoms with van der Waals surface area (Å²) in [6.45, 7) is 1.13. The van der Waals surface area contributed by atoms with Gasteiger partial charge in [0.15, 0.2) is 0 Å². The molecular weight excluding hydrogens is 319 g/mol. The lowest BCUT2D eigenvalue weighted by Crippen LogP contribution is -2.37. The number of nitrogens with one attached hydrogen (secondary N) is 1. The summed E-state index contributed by atoms with van der Waals surface area (Å²) in [5, 5.41) is 12.0. The molecule has 0 saturated heterocycles. The van der Waals surface area contributed by atoms with Gasteiger partial charge in [-0.3, -0.25) is 0 Å². The van der Waals surface area contributed by atoms with Crippen LogP contribution in [0.15, 0.2) is 36.5 Å². The summed E-state index contributed by atoms with van der Waals surface area (Å²) < 4.78 is 39.1. The lowest BCUT2D eigenvalue weighted by Gasteiger charge is -2.31. The molecule has 0 spiro atoms. The molecule has 1 aromatic carbocycles. The third-order valence-corrected chi connectivity index (χ3v) is 3.37. The van der Waals surface area contributed by atoms with E-state index in [0.717, 1.165) is 0 Å². The number of halogens is 4. The van der Waals surface area contributed by atoms with Gasteiger partial charge in [-0.1, -0.05) is 30.3 Å². The van der Waals surface area contributed by atoms with Crippen molar-refractivity contribution in [2.24, 2.45) is 0 Å². The van der Waals surface area contributed by atoms with Gasteiger partial charge in [0.05, 0.1) is 12.1 Å². The van der Waals surface area contributed by atoms with Gasteiger partial charge in [-0.15, -0.1) is 0 Å². The first-order valence-corrected chi connectivity index (χ1v) is 6.68. The summed E-state index contributed by atoms with van der Waals surface area (Å²) in [6.07, 6.45) is -4.03. The molecular formula is C14H13ClF3N3O. The van der Waals surface area contributed by atoms with Crippen molar-refractivity contribution in [1.82, 2.24) is 9.97 Å². The number of rotatable bonds is 4. The molecule has 0 bridgehead atoms. The first-order chi connectivity index (χ1) is 10.3. The Morgan fingerprint density at radius 2 is 1.86 bits per heavy atom. The molecule has 8 heteroatoms. The van der Waals surface area contributed by atoms with Crippen LogP contribution < -0.4 is 5.32 Å². The summed E-state index contributed by atoms with van der Waals surface area (Å²) in [6, 6.07) is 8.60. The standard InChI is InChI=1S/C14H13ClF3N3O/c1-13(8-22,9-5-3-2-4-6-9)21-11-10(14(16,17)18)7-19-12(15)20-11/h2-7,22H,8H2,1H3,(H,19,20,21). The summed E-state index contributed by atoms with van der Waals surface area (Å²) in [5.41, 5.74) is -1.59. The van der Waals surface area contributed by atoms with Crippen LogP contribution >= 0.6 is 11.6 Å². The van der Waals surface area contributed by atoms with Crippen LogP contribution in [0.5, 0.6) is 0 Å². The van der Waals surface area contributed by atoms with Gasteiger partial charge in [0.2, 0.25) is 5.28 Å². The smallest absolute Gasteiger partial charge is 0.394 e. The minimum absolute atomic E-state index is 0.316. The minimum Gasteiger partial charge on any atom is -0.394 e. The van der Waals surface area contributed by atoms with Crippen molar-refractivity contribution in [3.05, 3.63) is 52.9 Å². The Hall–Kier alpha value is -1.86. The van der Waals surface area contributed by atoms with E-state index in [1.807, 2.05) is 0 Å². The highest BCUT2D eigenvalue weighted by atomic mass is 35.5. The largest absolute Gasteiger partial charge is 0.421 e. The second kappa shape index (κ2) is 6.10. The van der Waals surface area contributed by atoms with E-state index < -0.39 is 29.7 Å². The molecule has 1 aromatic heterocycles. The number of alkyl halides is 3. The van der Waals surface area contributed by atoms with Crippen LogP contribution in [0.25, 0.3) is 0 Å². The Kier molecular flexibility index (Phi) is 4.58. The number of anilines is 1. The summed E-state index contributed by atoms with van der Waals surface area (Å²) in [5.74, 6) is -0.479. The van der Waals surface area contributed by atoms with Crippen LogP contribution in [0, 0.1) is 0 Å². The molecule has 2 rings (SSSR count). The van der Waals surface area contributed by atoms with Crippen molar-refractivity contribution >= 4 is 17.4 Å². The lowest BCUT2D eigenvalue weighted by atomic mass is 9.92. The maximum Gasteiger partial charge on any atom is 0.421 e. The third kappa shape index (κ3) is 3.48. The second-order valence-corrected chi connectivity index (χ2v) is 5.22. The van der Waals surface area contributed by atoms with Crippen molar-refractivity contribution < 1.29 is 18.3 Å². The van der Waals surface area contributed by atoms with Crippen molar-refractivity contribution in [3.63, 3.8) is 0 Å². The Morgan fingerprint density at radius 3 is 2.41 bits per heavy atom. The lowest BCUT2D eigenvalue weighted by molar-refractivity contribution is -0.137. The molecule has 22 heavy (non-hydrogen) atoms. The molecule has 0 fully saturated rings. The van der Waals surface area contributed by atoms with E-state index in [0.29, 0.717) is 11.8 Å². The molecule has 118 valence electrons. The maximum atomic E-state index is 13.0. The average Bonchev–Trinajstić information content (AvgIpc) is 2.47. The average molecular weight is 332 g/mol. The van der Waals surface area contributed by atoms with Gasteiger partial charge >= 0.3 is 6.18 Å². The summed E-state index contributed by atoms with van der Waals surface area (Å²) in [4.78, 5) is 6.98. The third-order valence-electron chi connectivity index (χ3n) is 3.19. The zero-order chi connectivity index (χ0) is 16.4. The number of aliphatic hydroxyl groups excluding tert-OH is 1. The zero-order valence-corrected chi connectivity index (χ0v) is 12.3. The van der Waals surface area contributed by atoms with Crippen LogP contribution in [0.4, 0.5) is 19.0 Å². The Labute approximate surface area is 130 Å². The van der Waals surface area contributed by atoms with E-state index in [4.69, 9.17) is 11.6 Å².